The van der Waals surface area contributed by atoms with E-state index in [0.717, 1.165) is 26.1 Å². The van der Waals surface area contributed by atoms with E-state index in [4.69, 9.17) is 0 Å². The summed E-state index contributed by atoms with van der Waals surface area (Å²) in [5.41, 5.74) is 0. The maximum absolute atomic E-state index is 11.7. The molecule has 0 saturated carbocycles. The molecule has 0 aromatic rings. The Kier molecular flexibility index (Phi) is 2.54. The highest BCUT2D eigenvalue weighted by Crippen LogP contribution is 2.21. The van der Waals surface area contributed by atoms with Crippen molar-refractivity contribution in [2.45, 2.75) is 32.6 Å². The molecule has 0 spiro atoms. The minimum absolute atomic E-state index is 0.252. The third-order valence-electron chi connectivity index (χ3n) is 3.12. The molecule has 2 fully saturated rings. The first-order valence-electron chi connectivity index (χ1n) is 5.35. The quantitative estimate of drug-likeness (QED) is 0.609. The molecule has 2 heterocycles. The Hall–Kier alpha value is -0.570. The maximum Gasteiger partial charge on any atom is 0.239 e. The summed E-state index contributed by atoms with van der Waals surface area (Å²) in [6.07, 6.45) is 4.86. The number of amides is 1. The fourth-order valence-corrected chi connectivity index (χ4v) is 2.20. The van der Waals surface area contributed by atoms with Gasteiger partial charge in [0.2, 0.25) is 5.91 Å². The van der Waals surface area contributed by atoms with Crippen molar-refractivity contribution in [3.05, 3.63) is 0 Å². The first kappa shape index (κ1) is 9.00. The average Bonchev–Trinajstić information content (AvgIpc) is 2.49. The van der Waals surface area contributed by atoms with Crippen LogP contribution in [0.4, 0.5) is 0 Å². The van der Waals surface area contributed by atoms with E-state index in [1.807, 2.05) is 11.9 Å². The van der Waals surface area contributed by atoms with Crippen molar-refractivity contribution in [3.63, 3.8) is 0 Å². The number of piperidine rings is 1. The van der Waals surface area contributed by atoms with Gasteiger partial charge in [0.1, 0.15) is 0 Å². The SMILES string of the molecule is CC1CCN(N2CCCCC2)C1=O. The zero-order chi connectivity index (χ0) is 9.26. The molecule has 0 aromatic carbocycles. The molecule has 3 nitrogen and oxygen atoms in total. The largest absolute Gasteiger partial charge is 0.275 e. The topological polar surface area (TPSA) is 23.6 Å². The summed E-state index contributed by atoms with van der Waals surface area (Å²) in [6, 6.07) is 0. The van der Waals surface area contributed by atoms with E-state index in [1.54, 1.807) is 0 Å². The second kappa shape index (κ2) is 3.66. The summed E-state index contributed by atoms with van der Waals surface area (Å²) in [5, 5.41) is 4.22. The molecule has 0 aromatic heterocycles. The summed E-state index contributed by atoms with van der Waals surface area (Å²) < 4.78 is 0. The highest BCUT2D eigenvalue weighted by molar-refractivity contribution is 5.79. The second-order valence-corrected chi connectivity index (χ2v) is 4.17. The predicted molar refractivity (Wildman–Crippen MR) is 50.9 cm³/mol. The van der Waals surface area contributed by atoms with Crippen molar-refractivity contribution in [2.24, 2.45) is 5.92 Å². The normalized spacial score (nSPS) is 31.3. The molecule has 1 amide bonds. The summed E-state index contributed by atoms with van der Waals surface area (Å²) >= 11 is 0. The van der Waals surface area contributed by atoms with E-state index in [2.05, 4.69) is 5.01 Å². The molecule has 0 N–H and O–H groups in total. The zero-order valence-electron chi connectivity index (χ0n) is 8.33. The highest BCUT2D eigenvalue weighted by Gasteiger charge is 2.32. The summed E-state index contributed by atoms with van der Waals surface area (Å²) in [4.78, 5) is 11.7. The molecular formula is C10H18N2O. The van der Waals surface area contributed by atoms with Crippen LogP contribution >= 0.6 is 0 Å². The Labute approximate surface area is 79.7 Å². The first-order valence-corrected chi connectivity index (χ1v) is 5.35. The van der Waals surface area contributed by atoms with E-state index in [0.29, 0.717) is 5.91 Å². The van der Waals surface area contributed by atoms with Gasteiger partial charge in [0, 0.05) is 25.6 Å². The van der Waals surface area contributed by atoms with E-state index < -0.39 is 0 Å². The van der Waals surface area contributed by atoms with Crippen LogP contribution in [-0.4, -0.2) is 35.6 Å². The fourth-order valence-electron chi connectivity index (χ4n) is 2.20. The number of nitrogens with zero attached hydrogens (tertiary/aromatic N) is 2. The van der Waals surface area contributed by atoms with Crippen LogP contribution in [0.3, 0.4) is 0 Å². The molecule has 0 bridgehead atoms. The minimum atomic E-state index is 0.252. The van der Waals surface area contributed by atoms with Gasteiger partial charge in [-0.3, -0.25) is 9.80 Å². The van der Waals surface area contributed by atoms with Gasteiger partial charge in [-0.1, -0.05) is 13.3 Å². The van der Waals surface area contributed by atoms with E-state index in [-0.39, 0.29) is 5.92 Å². The lowest BCUT2D eigenvalue weighted by Gasteiger charge is -2.34. The molecule has 74 valence electrons. The van der Waals surface area contributed by atoms with Crippen LogP contribution in [0.15, 0.2) is 0 Å². The molecule has 13 heavy (non-hydrogen) atoms. The molecule has 2 aliphatic heterocycles. The molecule has 0 radical (unpaired) electrons. The van der Waals surface area contributed by atoms with Crippen LogP contribution in [0.1, 0.15) is 32.6 Å². The average molecular weight is 182 g/mol. The van der Waals surface area contributed by atoms with Gasteiger partial charge in [0.15, 0.2) is 0 Å². The standard InChI is InChI=1S/C10H18N2O/c1-9-5-8-12(10(9)13)11-6-3-2-4-7-11/h9H,2-8H2,1H3. The Morgan fingerprint density at radius 2 is 1.85 bits per heavy atom. The van der Waals surface area contributed by atoms with Gasteiger partial charge < -0.3 is 0 Å². The van der Waals surface area contributed by atoms with Crippen molar-refractivity contribution in [1.29, 1.82) is 0 Å². The van der Waals surface area contributed by atoms with Gasteiger partial charge in [-0.25, -0.2) is 5.01 Å². The Bertz CT molecular complexity index is 199. The van der Waals surface area contributed by atoms with Crippen LogP contribution in [0.25, 0.3) is 0 Å². The molecule has 1 atom stereocenters. The number of carbonyl (C=O) groups is 1. The Balaban J connectivity index is 1.96. The minimum Gasteiger partial charge on any atom is -0.275 e. The van der Waals surface area contributed by atoms with Crippen molar-refractivity contribution < 1.29 is 4.79 Å². The molecular weight excluding hydrogens is 164 g/mol. The number of carbonyl (C=O) groups excluding carboxylic acids is 1. The third-order valence-corrected chi connectivity index (χ3v) is 3.12. The summed E-state index contributed by atoms with van der Waals surface area (Å²) in [7, 11) is 0. The molecule has 1 unspecified atom stereocenters. The maximum atomic E-state index is 11.7. The van der Waals surface area contributed by atoms with E-state index in [9.17, 15) is 4.79 Å². The van der Waals surface area contributed by atoms with Crippen molar-refractivity contribution in [3.8, 4) is 0 Å². The van der Waals surface area contributed by atoms with Crippen LogP contribution < -0.4 is 0 Å². The monoisotopic (exact) mass is 182 g/mol. The van der Waals surface area contributed by atoms with Crippen molar-refractivity contribution >= 4 is 5.91 Å². The lowest BCUT2D eigenvalue weighted by atomic mass is 10.1. The summed E-state index contributed by atoms with van der Waals surface area (Å²) in [5.74, 6) is 0.587. The van der Waals surface area contributed by atoms with Gasteiger partial charge in [-0.05, 0) is 19.3 Å². The van der Waals surface area contributed by atoms with Gasteiger partial charge in [-0.2, -0.15) is 0 Å². The van der Waals surface area contributed by atoms with E-state index in [1.165, 1.54) is 19.3 Å². The zero-order valence-corrected chi connectivity index (χ0v) is 8.33. The molecule has 0 aliphatic carbocycles. The van der Waals surface area contributed by atoms with Crippen LogP contribution in [0, 0.1) is 5.92 Å². The predicted octanol–water partition coefficient (Wildman–Crippen LogP) is 1.26. The van der Waals surface area contributed by atoms with Crippen LogP contribution in [-0.2, 0) is 4.79 Å². The fraction of sp³-hybridized carbons (Fsp3) is 0.900. The lowest BCUT2D eigenvalue weighted by Crippen LogP contribution is -2.46. The Morgan fingerprint density at radius 3 is 2.38 bits per heavy atom. The van der Waals surface area contributed by atoms with Gasteiger partial charge >= 0.3 is 0 Å². The van der Waals surface area contributed by atoms with Gasteiger partial charge in [-0.15, -0.1) is 0 Å². The summed E-state index contributed by atoms with van der Waals surface area (Å²) in [6.45, 7) is 5.14. The van der Waals surface area contributed by atoms with Crippen molar-refractivity contribution in [1.82, 2.24) is 10.0 Å². The number of hydrogen-bond acceptors (Lipinski definition) is 2. The van der Waals surface area contributed by atoms with Crippen LogP contribution in [0.2, 0.25) is 0 Å². The second-order valence-electron chi connectivity index (χ2n) is 4.17. The smallest absolute Gasteiger partial charge is 0.239 e. The van der Waals surface area contributed by atoms with Crippen molar-refractivity contribution in [2.75, 3.05) is 19.6 Å². The molecule has 3 heteroatoms. The molecule has 2 aliphatic rings. The van der Waals surface area contributed by atoms with E-state index >= 15 is 0 Å². The number of hydrazine groups is 1. The first-order chi connectivity index (χ1) is 6.29. The van der Waals surface area contributed by atoms with Gasteiger partial charge in [0.25, 0.3) is 0 Å². The van der Waals surface area contributed by atoms with Crippen LogP contribution in [0.5, 0.6) is 0 Å². The number of hydrogen-bond donors (Lipinski definition) is 0. The Morgan fingerprint density at radius 1 is 1.15 bits per heavy atom. The third kappa shape index (κ3) is 1.70. The lowest BCUT2D eigenvalue weighted by molar-refractivity contribution is -0.147. The number of rotatable bonds is 1. The highest BCUT2D eigenvalue weighted by atomic mass is 16.2. The molecule has 2 saturated heterocycles. The van der Waals surface area contributed by atoms with Gasteiger partial charge in [0.05, 0.1) is 0 Å². The molecule has 2 rings (SSSR count).